The van der Waals surface area contributed by atoms with Crippen molar-refractivity contribution in [2.75, 3.05) is 5.73 Å². The van der Waals surface area contributed by atoms with Gasteiger partial charge in [-0.05, 0) is 36.8 Å². The number of fused-ring (bicyclic) bond motifs is 1. The molecule has 0 spiro atoms. The summed E-state index contributed by atoms with van der Waals surface area (Å²) in [6.07, 6.45) is 0. The molecule has 1 heterocycles. The summed E-state index contributed by atoms with van der Waals surface area (Å²) in [6.45, 7) is 2.01. The number of aromatic amines is 1. The Bertz CT molecular complexity index is 827. The van der Waals surface area contributed by atoms with Crippen LogP contribution in [-0.2, 0) is 0 Å². The van der Waals surface area contributed by atoms with Gasteiger partial charge in [0.05, 0.1) is 21.7 Å². The van der Waals surface area contributed by atoms with Crippen molar-refractivity contribution in [2.24, 2.45) is 0 Å². The molecule has 3 aromatic rings. The third-order valence-corrected chi connectivity index (χ3v) is 4.08. The number of nitrogens with two attached hydrogens (primary N) is 1. The van der Waals surface area contributed by atoms with Gasteiger partial charge >= 0.3 is 0 Å². The summed E-state index contributed by atoms with van der Waals surface area (Å²) in [5.41, 5.74) is 10.1. The summed E-state index contributed by atoms with van der Waals surface area (Å²) in [7, 11) is 0. The van der Waals surface area contributed by atoms with Crippen molar-refractivity contribution in [3.8, 4) is 11.4 Å². The van der Waals surface area contributed by atoms with E-state index in [-0.39, 0.29) is 0 Å². The molecule has 3 nitrogen and oxygen atoms in total. The third kappa shape index (κ3) is 2.28. The highest BCUT2D eigenvalue weighted by Crippen LogP contribution is 2.35. The van der Waals surface area contributed by atoms with Gasteiger partial charge in [0.1, 0.15) is 5.82 Å². The molecular weight excluding hydrogens is 361 g/mol. The fourth-order valence-electron chi connectivity index (χ4n) is 2.15. The van der Waals surface area contributed by atoms with E-state index in [0.717, 1.165) is 21.1 Å². The van der Waals surface area contributed by atoms with E-state index >= 15 is 0 Å². The number of H-pyrrole nitrogens is 1. The van der Waals surface area contributed by atoms with Crippen molar-refractivity contribution < 1.29 is 0 Å². The van der Waals surface area contributed by atoms with E-state index in [1.54, 1.807) is 12.1 Å². The van der Waals surface area contributed by atoms with E-state index in [9.17, 15) is 0 Å². The minimum atomic E-state index is 0.422. The molecule has 0 amide bonds. The Morgan fingerprint density at radius 3 is 2.70 bits per heavy atom. The highest BCUT2D eigenvalue weighted by Gasteiger charge is 2.13. The van der Waals surface area contributed by atoms with E-state index in [0.29, 0.717) is 27.1 Å². The second-order valence-electron chi connectivity index (χ2n) is 4.55. The fourth-order valence-corrected chi connectivity index (χ4v) is 3.22. The first kappa shape index (κ1) is 13.7. The normalized spacial score (nSPS) is 11.2. The number of aryl methyl sites for hydroxylation is 1. The summed E-state index contributed by atoms with van der Waals surface area (Å²) < 4.78 is 0.995. The Hall–Kier alpha value is -1.23. The number of nitrogens with zero attached hydrogens (tertiary/aromatic N) is 1. The van der Waals surface area contributed by atoms with Gasteiger partial charge in [-0.2, -0.15) is 0 Å². The lowest BCUT2D eigenvalue weighted by molar-refractivity contribution is 1.33. The molecule has 0 aliphatic carbocycles. The maximum Gasteiger partial charge on any atom is 0.140 e. The second-order valence-corrected chi connectivity index (χ2v) is 6.31. The predicted octanol–water partition coefficient (Wildman–Crippen LogP) is 5.19. The molecule has 0 saturated heterocycles. The maximum atomic E-state index is 6.07. The van der Waals surface area contributed by atoms with Crippen LogP contribution in [-0.4, -0.2) is 9.97 Å². The van der Waals surface area contributed by atoms with Gasteiger partial charge in [-0.15, -0.1) is 0 Å². The largest absolute Gasteiger partial charge is 0.397 e. The van der Waals surface area contributed by atoms with Crippen molar-refractivity contribution >= 4 is 55.9 Å². The van der Waals surface area contributed by atoms with E-state index in [1.165, 1.54) is 0 Å². The van der Waals surface area contributed by atoms with Gasteiger partial charge in [0, 0.05) is 15.1 Å². The first-order valence-electron chi connectivity index (χ1n) is 5.86. The highest BCUT2D eigenvalue weighted by atomic mass is 79.9. The van der Waals surface area contributed by atoms with Gasteiger partial charge in [-0.1, -0.05) is 39.1 Å². The van der Waals surface area contributed by atoms with Crippen molar-refractivity contribution in [1.82, 2.24) is 9.97 Å². The highest BCUT2D eigenvalue weighted by molar-refractivity contribution is 9.10. The molecule has 0 radical (unpaired) electrons. The Kier molecular flexibility index (Phi) is 3.40. The van der Waals surface area contributed by atoms with Crippen LogP contribution in [0.5, 0.6) is 0 Å². The van der Waals surface area contributed by atoms with Crippen LogP contribution < -0.4 is 5.73 Å². The Morgan fingerprint density at radius 2 is 1.95 bits per heavy atom. The SMILES string of the molecule is Cc1cc(Br)cc2[nH]c(-c3cc(Cl)cc(Cl)c3N)nc12. The molecule has 0 aliphatic rings. The lowest BCUT2D eigenvalue weighted by Gasteiger charge is -2.05. The Balaban J connectivity index is 2.28. The molecule has 6 heteroatoms. The molecular formula is C14H10BrCl2N3. The van der Waals surface area contributed by atoms with Crippen LogP contribution in [0.2, 0.25) is 10.0 Å². The third-order valence-electron chi connectivity index (χ3n) is 3.09. The van der Waals surface area contributed by atoms with Crippen molar-refractivity contribution in [3.05, 3.63) is 44.3 Å². The lowest BCUT2D eigenvalue weighted by Crippen LogP contribution is -1.92. The van der Waals surface area contributed by atoms with Gasteiger partial charge < -0.3 is 10.7 Å². The molecule has 0 atom stereocenters. The number of hydrogen-bond donors (Lipinski definition) is 2. The lowest BCUT2D eigenvalue weighted by atomic mass is 10.1. The van der Waals surface area contributed by atoms with E-state index in [2.05, 4.69) is 25.9 Å². The summed E-state index contributed by atoms with van der Waals surface area (Å²) in [5.74, 6) is 0.656. The van der Waals surface area contributed by atoms with Crippen LogP contribution in [0.4, 0.5) is 5.69 Å². The van der Waals surface area contributed by atoms with Crippen molar-refractivity contribution in [3.63, 3.8) is 0 Å². The molecule has 0 unspecified atom stereocenters. The summed E-state index contributed by atoms with van der Waals surface area (Å²) in [4.78, 5) is 7.84. The van der Waals surface area contributed by atoms with Gasteiger partial charge in [0.15, 0.2) is 0 Å². The van der Waals surface area contributed by atoms with Crippen LogP contribution >= 0.6 is 39.1 Å². The molecule has 2 aromatic carbocycles. The molecule has 1 aromatic heterocycles. The molecule has 20 heavy (non-hydrogen) atoms. The van der Waals surface area contributed by atoms with E-state index < -0.39 is 0 Å². The number of rotatable bonds is 1. The molecule has 3 N–H and O–H groups in total. The van der Waals surface area contributed by atoms with Crippen LogP contribution in [0, 0.1) is 6.92 Å². The number of imidazole rings is 1. The quantitative estimate of drug-likeness (QED) is 0.579. The Morgan fingerprint density at radius 1 is 1.20 bits per heavy atom. The van der Waals surface area contributed by atoms with Crippen LogP contribution in [0.15, 0.2) is 28.7 Å². The maximum absolute atomic E-state index is 6.07. The number of halogens is 3. The summed E-state index contributed by atoms with van der Waals surface area (Å²) >= 11 is 15.6. The van der Waals surface area contributed by atoms with Crippen LogP contribution in [0.3, 0.4) is 0 Å². The van der Waals surface area contributed by atoms with E-state index in [1.807, 2.05) is 19.1 Å². The van der Waals surface area contributed by atoms with E-state index in [4.69, 9.17) is 28.9 Å². The van der Waals surface area contributed by atoms with Crippen LogP contribution in [0.1, 0.15) is 5.56 Å². The summed E-state index contributed by atoms with van der Waals surface area (Å²) in [5, 5.41) is 0.948. The predicted molar refractivity (Wildman–Crippen MR) is 88.4 cm³/mol. The number of hydrogen-bond acceptors (Lipinski definition) is 2. The van der Waals surface area contributed by atoms with Crippen LogP contribution in [0.25, 0.3) is 22.4 Å². The standard InChI is InChI=1S/C14H10BrCl2N3/c1-6-2-7(15)3-11-13(6)20-14(19-11)9-4-8(16)5-10(17)12(9)18/h2-5H,18H2,1H3,(H,19,20). The van der Waals surface area contributed by atoms with Gasteiger partial charge in [-0.3, -0.25) is 0 Å². The first-order chi connectivity index (χ1) is 9.45. The van der Waals surface area contributed by atoms with Gasteiger partial charge in [-0.25, -0.2) is 4.98 Å². The summed E-state index contributed by atoms with van der Waals surface area (Å²) in [6, 6.07) is 7.36. The minimum absolute atomic E-state index is 0.422. The number of benzene rings is 2. The molecule has 102 valence electrons. The topological polar surface area (TPSA) is 54.7 Å². The zero-order chi connectivity index (χ0) is 14.4. The van der Waals surface area contributed by atoms with Crippen molar-refractivity contribution in [1.29, 1.82) is 0 Å². The number of aromatic nitrogens is 2. The molecule has 0 aliphatic heterocycles. The first-order valence-corrected chi connectivity index (χ1v) is 7.41. The zero-order valence-electron chi connectivity index (χ0n) is 10.5. The number of nitrogen functional groups attached to an aromatic ring is 1. The molecule has 0 fully saturated rings. The van der Waals surface area contributed by atoms with Gasteiger partial charge in [0.25, 0.3) is 0 Å². The zero-order valence-corrected chi connectivity index (χ0v) is 13.6. The smallest absolute Gasteiger partial charge is 0.140 e. The second kappa shape index (κ2) is 4.95. The minimum Gasteiger partial charge on any atom is -0.397 e. The fraction of sp³-hybridized carbons (Fsp3) is 0.0714. The van der Waals surface area contributed by atoms with Gasteiger partial charge in [0.2, 0.25) is 0 Å². The number of nitrogens with one attached hydrogen (secondary N) is 1. The van der Waals surface area contributed by atoms with Crippen molar-refractivity contribution in [2.45, 2.75) is 6.92 Å². The average molecular weight is 371 g/mol. The Labute approximate surface area is 134 Å². The average Bonchev–Trinajstić information content (AvgIpc) is 2.77. The number of anilines is 1. The molecule has 3 rings (SSSR count). The monoisotopic (exact) mass is 369 g/mol. The molecule has 0 saturated carbocycles. The molecule has 0 bridgehead atoms.